The number of aromatic nitrogens is 2. The molecule has 19 heavy (non-hydrogen) atoms. The lowest BCUT2D eigenvalue weighted by Crippen LogP contribution is -2.11. The van der Waals surface area contributed by atoms with Crippen molar-refractivity contribution in [1.29, 1.82) is 5.26 Å². The molecular weight excluding hydrogens is 306 g/mol. The standard InChI is InChI=1S/C14H16BrN3O/c1-14(2,3)4-5-19-11-6-12(15)13-10(7-16)8-17-18(13)9-11/h6,8-9H,4-5H2,1-3H3. The molecule has 0 saturated carbocycles. The van der Waals surface area contributed by atoms with Gasteiger partial charge in [-0.3, -0.25) is 0 Å². The minimum atomic E-state index is 0.251. The van der Waals surface area contributed by atoms with E-state index >= 15 is 0 Å². The lowest BCUT2D eigenvalue weighted by Gasteiger charge is -2.18. The van der Waals surface area contributed by atoms with E-state index in [9.17, 15) is 0 Å². The van der Waals surface area contributed by atoms with E-state index in [0.717, 1.165) is 22.2 Å². The molecule has 0 spiro atoms. The Bertz CT molecular complexity index is 634. The Hall–Kier alpha value is -1.54. The maximum absolute atomic E-state index is 8.99. The van der Waals surface area contributed by atoms with Crippen LogP contribution < -0.4 is 4.74 Å². The molecular formula is C14H16BrN3O. The summed E-state index contributed by atoms with van der Waals surface area (Å²) < 4.78 is 8.22. The zero-order valence-corrected chi connectivity index (χ0v) is 12.9. The molecule has 4 nitrogen and oxygen atoms in total. The monoisotopic (exact) mass is 321 g/mol. The Morgan fingerprint density at radius 1 is 1.47 bits per heavy atom. The van der Waals surface area contributed by atoms with Crippen molar-refractivity contribution in [3.8, 4) is 11.8 Å². The molecule has 2 heterocycles. The quantitative estimate of drug-likeness (QED) is 0.864. The summed E-state index contributed by atoms with van der Waals surface area (Å²) >= 11 is 3.46. The van der Waals surface area contributed by atoms with Gasteiger partial charge in [0.2, 0.25) is 0 Å². The van der Waals surface area contributed by atoms with E-state index in [1.54, 1.807) is 16.9 Å². The summed E-state index contributed by atoms with van der Waals surface area (Å²) in [4.78, 5) is 0. The third-order valence-electron chi connectivity index (χ3n) is 2.78. The van der Waals surface area contributed by atoms with E-state index < -0.39 is 0 Å². The summed E-state index contributed by atoms with van der Waals surface area (Å²) in [6.45, 7) is 7.21. The van der Waals surface area contributed by atoms with E-state index in [4.69, 9.17) is 10.00 Å². The molecule has 0 aromatic carbocycles. The fourth-order valence-electron chi connectivity index (χ4n) is 1.69. The highest BCUT2D eigenvalue weighted by Crippen LogP contribution is 2.27. The number of halogens is 1. The lowest BCUT2D eigenvalue weighted by atomic mass is 9.93. The van der Waals surface area contributed by atoms with Crippen molar-refractivity contribution in [2.24, 2.45) is 5.41 Å². The van der Waals surface area contributed by atoms with Crippen LogP contribution in [0.15, 0.2) is 22.9 Å². The van der Waals surface area contributed by atoms with E-state index in [-0.39, 0.29) is 5.41 Å². The van der Waals surface area contributed by atoms with Gasteiger partial charge in [0.05, 0.1) is 30.1 Å². The van der Waals surface area contributed by atoms with Crippen LogP contribution in [0.2, 0.25) is 0 Å². The molecule has 2 aromatic rings. The number of hydrogen-bond acceptors (Lipinski definition) is 3. The fraction of sp³-hybridized carbons (Fsp3) is 0.429. The van der Waals surface area contributed by atoms with E-state index in [0.29, 0.717) is 12.2 Å². The molecule has 0 radical (unpaired) electrons. The van der Waals surface area contributed by atoms with Gasteiger partial charge in [-0.15, -0.1) is 0 Å². The number of fused-ring (bicyclic) bond motifs is 1. The Morgan fingerprint density at radius 2 is 2.21 bits per heavy atom. The zero-order valence-electron chi connectivity index (χ0n) is 11.3. The molecule has 0 amide bonds. The van der Waals surface area contributed by atoms with Crippen LogP contribution in [0.4, 0.5) is 0 Å². The molecule has 0 aliphatic rings. The normalized spacial score (nSPS) is 11.5. The SMILES string of the molecule is CC(C)(C)CCOc1cc(Br)c2c(C#N)cnn2c1. The summed E-state index contributed by atoms with van der Waals surface area (Å²) in [6, 6.07) is 3.99. The molecule has 2 rings (SSSR count). The van der Waals surface area contributed by atoms with Crippen LogP contribution in [0.5, 0.6) is 5.75 Å². The highest BCUT2D eigenvalue weighted by Gasteiger charge is 2.12. The third-order valence-corrected chi connectivity index (χ3v) is 3.39. The van der Waals surface area contributed by atoms with Crippen LogP contribution in [0.1, 0.15) is 32.8 Å². The molecule has 0 saturated heterocycles. The maximum Gasteiger partial charge on any atom is 0.138 e. The van der Waals surface area contributed by atoms with Crippen molar-refractivity contribution >= 4 is 21.4 Å². The summed E-state index contributed by atoms with van der Waals surface area (Å²) in [5.74, 6) is 0.746. The fourth-order valence-corrected chi connectivity index (χ4v) is 2.31. The smallest absolute Gasteiger partial charge is 0.138 e. The number of pyridine rings is 1. The average Bonchev–Trinajstić information content (AvgIpc) is 2.70. The van der Waals surface area contributed by atoms with Crippen molar-refractivity contribution in [1.82, 2.24) is 9.61 Å². The van der Waals surface area contributed by atoms with Gasteiger partial charge in [0.1, 0.15) is 11.8 Å². The largest absolute Gasteiger partial charge is 0.492 e. The Balaban J connectivity index is 2.20. The van der Waals surface area contributed by atoms with Gasteiger partial charge in [-0.1, -0.05) is 20.8 Å². The molecule has 100 valence electrons. The van der Waals surface area contributed by atoms with Gasteiger partial charge in [-0.2, -0.15) is 10.4 Å². The second-order valence-electron chi connectivity index (χ2n) is 5.65. The van der Waals surface area contributed by atoms with Crippen LogP contribution in [0, 0.1) is 16.7 Å². The Labute approximate surface area is 121 Å². The molecule has 5 heteroatoms. The average molecular weight is 322 g/mol. The highest BCUT2D eigenvalue weighted by atomic mass is 79.9. The molecule has 0 N–H and O–H groups in total. The first kappa shape index (κ1) is 13.9. The van der Waals surface area contributed by atoms with Crippen LogP contribution in [0.25, 0.3) is 5.52 Å². The second-order valence-corrected chi connectivity index (χ2v) is 6.50. The highest BCUT2D eigenvalue weighted by molar-refractivity contribution is 9.10. The topological polar surface area (TPSA) is 50.3 Å². The summed E-state index contributed by atoms with van der Waals surface area (Å²) in [7, 11) is 0. The molecule has 2 aromatic heterocycles. The van der Waals surface area contributed by atoms with Crippen molar-refractivity contribution < 1.29 is 4.74 Å². The van der Waals surface area contributed by atoms with Crippen molar-refractivity contribution in [2.45, 2.75) is 27.2 Å². The predicted octanol–water partition coefficient (Wildman–Crippen LogP) is 3.78. The minimum absolute atomic E-state index is 0.251. The van der Waals surface area contributed by atoms with Crippen LogP contribution in [0.3, 0.4) is 0 Å². The predicted molar refractivity (Wildman–Crippen MR) is 77.2 cm³/mol. The Kier molecular flexibility index (Phi) is 3.81. The van der Waals surface area contributed by atoms with Gasteiger partial charge >= 0.3 is 0 Å². The summed E-state index contributed by atoms with van der Waals surface area (Å²) in [6.07, 6.45) is 4.33. The van der Waals surface area contributed by atoms with Gasteiger partial charge in [-0.25, -0.2) is 4.52 Å². The first-order chi connectivity index (χ1) is 8.90. The van der Waals surface area contributed by atoms with Crippen LogP contribution in [-0.2, 0) is 0 Å². The lowest BCUT2D eigenvalue weighted by molar-refractivity contribution is 0.242. The zero-order chi connectivity index (χ0) is 14.0. The van der Waals surface area contributed by atoms with E-state index in [1.807, 2.05) is 6.07 Å². The number of nitrogens with zero attached hydrogens (tertiary/aromatic N) is 3. The summed E-state index contributed by atoms with van der Waals surface area (Å²) in [5, 5.41) is 13.1. The maximum atomic E-state index is 8.99. The van der Waals surface area contributed by atoms with E-state index in [1.165, 1.54) is 0 Å². The second kappa shape index (κ2) is 5.22. The first-order valence-corrected chi connectivity index (χ1v) is 6.90. The minimum Gasteiger partial charge on any atom is -0.492 e. The van der Waals surface area contributed by atoms with Crippen molar-refractivity contribution in [3.05, 3.63) is 28.5 Å². The number of rotatable bonds is 3. The third kappa shape index (κ3) is 3.27. The number of ether oxygens (including phenoxy) is 1. The van der Waals surface area contributed by atoms with E-state index in [2.05, 4.69) is 47.9 Å². The van der Waals surface area contributed by atoms with Crippen LogP contribution in [-0.4, -0.2) is 16.2 Å². The molecule has 0 unspecified atom stereocenters. The van der Waals surface area contributed by atoms with Crippen molar-refractivity contribution in [2.75, 3.05) is 6.61 Å². The summed E-state index contributed by atoms with van der Waals surface area (Å²) in [5.41, 5.74) is 1.57. The first-order valence-electron chi connectivity index (χ1n) is 6.10. The van der Waals surface area contributed by atoms with Gasteiger partial charge in [0.25, 0.3) is 0 Å². The van der Waals surface area contributed by atoms with Gasteiger partial charge in [0, 0.05) is 4.47 Å². The Morgan fingerprint density at radius 3 is 2.84 bits per heavy atom. The molecule has 0 aliphatic carbocycles. The number of hydrogen-bond donors (Lipinski definition) is 0. The molecule has 0 aliphatic heterocycles. The molecule has 0 bridgehead atoms. The van der Waals surface area contributed by atoms with Crippen molar-refractivity contribution in [3.63, 3.8) is 0 Å². The van der Waals surface area contributed by atoms with Crippen LogP contribution >= 0.6 is 15.9 Å². The molecule has 0 fully saturated rings. The molecule has 0 atom stereocenters. The van der Waals surface area contributed by atoms with Gasteiger partial charge in [-0.05, 0) is 33.8 Å². The van der Waals surface area contributed by atoms with Gasteiger partial charge < -0.3 is 4.74 Å². The number of nitriles is 1. The van der Waals surface area contributed by atoms with Gasteiger partial charge in [0.15, 0.2) is 0 Å².